The van der Waals surface area contributed by atoms with E-state index in [0.717, 1.165) is 25.7 Å². The molecule has 16 heavy (non-hydrogen) atoms. The highest BCUT2D eigenvalue weighted by molar-refractivity contribution is 5.83. The zero-order valence-electron chi connectivity index (χ0n) is 10.3. The summed E-state index contributed by atoms with van der Waals surface area (Å²) in [6.07, 6.45) is 4.12. The first-order valence-electron chi connectivity index (χ1n) is 5.88. The van der Waals surface area contributed by atoms with Gasteiger partial charge in [-0.1, -0.05) is 12.8 Å². The van der Waals surface area contributed by atoms with Crippen molar-refractivity contribution in [1.29, 1.82) is 0 Å². The number of nitrogens with one attached hydrogen (secondary N) is 1. The molecular formula is C12H21NO3. The lowest BCUT2D eigenvalue weighted by molar-refractivity contribution is -0.154. The summed E-state index contributed by atoms with van der Waals surface area (Å²) in [5.74, 6) is -0.287. The van der Waals surface area contributed by atoms with Gasteiger partial charge in [0.1, 0.15) is 12.1 Å². The van der Waals surface area contributed by atoms with E-state index in [-0.39, 0.29) is 24.3 Å². The molecule has 0 atom stereocenters. The summed E-state index contributed by atoms with van der Waals surface area (Å²) < 4.78 is 5.10. The highest BCUT2D eigenvalue weighted by atomic mass is 16.6. The molecule has 1 fully saturated rings. The second kappa shape index (κ2) is 5.32. The van der Waals surface area contributed by atoms with E-state index in [0.29, 0.717) is 0 Å². The Labute approximate surface area is 96.7 Å². The molecule has 4 nitrogen and oxygen atoms in total. The van der Waals surface area contributed by atoms with E-state index < -0.39 is 5.60 Å². The second-order valence-corrected chi connectivity index (χ2v) is 5.29. The molecule has 1 saturated carbocycles. The second-order valence-electron chi connectivity index (χ2n) is 5.29. The lowest BCUT2D eigenvalue weighted by Crippen LogP contribution is -2.37. The van der Waals surface area contributed by atoms with Gasteiger partial charge in [0, 0.05) is 5.92 Å². The zero-order valence-corrected chi connectivity index (χ0v) is 10.3. The van der Waals surface area contributed by atoms with E-state index in [1.54, 1.807) is 0 Å². The van der Waals surface area contributed by atoms with Gasteiger partial charge in [0.15, 0.2) is 0 Å². The minimum absolute atomic E-state index is 0.0108. The number of carbonyl (C=O) groups is 2. The predicted molar refractivity (Wildman–Crippen MR) is 60.8 cm³/mol. The molecule has 1 rings (SSSR count). The van der Waals surface area contributed by atoms with Crippen molar-refractivity contribution in [1.82, 2.24) is 5.32 Å². The van der Waals surface area contributed by atoms with Crippen LogP contribution in [0.2, 0.25) is 0 Å². The first kappa shape index (κ1) is 13.0. The Morgan fingerprint density at radius 2 is 1.81 bits per heavy atom. The van der Waals surface area contributed by atoms with Gasteiger partial charge in [0.2, 0.25) is 5.91 Å². The van der Waals surface area contributed by atoms with Gasteiger partial charge < -0.3 is 10.1 Å². The van der Waals surface area contributed by atoms with Gasteiger partial charge in [-0.25, -0.2) is 0 Å². The number of hydrogen-bond donors (Lipinski definition) is 1. The van der Waals surface area contributed by atoms with Crippen LogP contribution in [0, 0.1) is 5.92 Å². The van der Waals surface area contributed by atoms with Crippen LogP contribution in [-0.2, 0) is 14.3 Å². The van der Waals surface area contributed by atoms with Crippen LogP contribution < -0.4 is 5.32 Å². The summed E-state index contributed by atoms with van der Waals surface area (Å²) in [6.45, 7) is 5.41. The molecule has 1 N–H and O–H groups in total. The molecule has 1 aliphatic rings. The maximum Gasteiger partial charge on any atom is 0.325 e. The van der Waals surface area contributed by atoms with Crippen molar-refractivity contribution in [3.8, 4) is 0 Å². The number of amides is 1. The molecular weight excluding hydrogens is 206 g/mol. The Bertz CT molecular complexity index is 262. The van der Waals surface area contributed by atoms with E-state index in [2.05, 4.69) is 5.32 Å². The molecule has 1 aliphatic carbocycles. The molecule has 4 heteroatoms. The summed E-state index contributed by atoms with van der Waals surface area (Å²) in [6, 6.07) is 0. The molecule has 0 aliphatic heterocycles. The van der Waals surface area contributed by atoms with Gasteiger partial charge in [-0.2, -0.15) is 0 Å². The molecule has 0 heterocycles. The molecule has 0 radical (unpaired) electrons. The molecule has 0 saturated heterocycles. The average molecular weight is 227 g/mol. The number of carbonyl (C=O) groups excluding carboxylic acids is 2. The quantitative estimate of drug-likeness (QED) is 0.746. The van der Waals surface area contributed by atoms with Gasteiger partial charge in [-0.05, 0) is 33.6 Å². The van der Waals surface area contributed by atoms with E-state index in [9.17, 15) is 9.59 Å². The van der Waals surface area contributed by atoms with Crippen LogP contribution in [0.1, 0.15) is 46.5 Å². The summed E-state index contributed by atoms with van der Waals surface area (Å²) in [5, 5.41) is 2.63. The van der Waals surface area contributed by atoms with Crippen LogP contribution in [0.15, 0.2) is 0 Å². The van der Waals surface area contributed by atoms with E-state index >= 15 is 0 Å². The molecule has 0 spiro atoms. The van der Waals surface area contributed by atoms with Gasteiger partial charge in [-0.3, -0.25) is 9.59 Å². The standard InChI is InChI=1S/C12H21NO3/c1-12(2,3)16-10(14)8-13-11(15)9-6-4-5-7-9/h9H,4-8H2,1-3H3,(H,13,15). The monoisotopic (exact) mass is 227 g/mol. The number of hydrogen-bond acceptors (Lipinski definition) is 3. The molecule has 0 aromatic heterocycles. The summed E-state index contributed by atoms with van der Waals surface area (Å²) >= 11 is 0. The number of rotatable bonds is 3. The fourth-order valence-electron chi connectivity index (χ4n) is 1.87. The van der Waals surface area contributed by atoms with Crippen molar-refractivity contribution in [2.24, 2.45) is 5.92 Å². The Morgan fingerprint density at radius 1 is 1.25 bits per heavy atom. The third-order valence-electron chi connectivity index (χ3n) is 2.55. The Kier molecular flexibility index (Phi) is 4.33. The first-order valence-corrected chi connectivity index (χ1v) is 5.88. The average Bonchev–Trinajstić information content (AvgIpc) is 2.64. The maximum absolute atomic E-state index is 11.6. The lowest BCUT2D eigenvalue weighted by Gasteiger charge is -2.19. The van der Waals surface area contributed by atoms with Crippen molar-refractivity contribution in [3.05, 3.63) is 0 Å². The van der Waals surface area contributed by atoms with Crippen LogP contribution in [0.25, 0.3) is 0 Å². The van der Waals surface area contributed by atoms with Gasteiger partial charge in [0.25, 0.3) is 0 Å². The SMILES string of the molecule is CC(C)(C)OC(=O)CNC(=O)C1CCCC1. The highest BCUT2D eigenvalue weighted by Crippen LogP contribution is 2.24. The number of esters is 1. The van der Waals surface area contributed by atoms with Gasteiger partial charge in [0.05, 0.1) is 0 Å². The maximum atomic E-state index is 11.6. The predicted octanol–water partition coefficient (Wildman–Crippen LogP) is 1.63. The van der Waals surface area contributed by atoms with Crippen molar-refractivity contribution in [3.63, 3.8) is 0 Å². The zero-order chi connectivity index (χ0) is 12.2. The Morgan fingerprint density at radius 3 is 2.31 bits per heavy atom. The smallest absolute Gasteiger partial charge is 0.325 e. The molecule has 0 bridgehead atoms. The lowest BCUT2D eigenvalue weighted by atomic mass is 10.1. The normalized spacial score (nSPS) is 17.2. The van der Waals surface area contributed by atoms with Crippen molar-refractivity contribution in [2.75, 3.05) is 6.54 Å². The highest BCUT2D eigenvalue weighted by Gasteiger charge is 2.23. The van der Waals surface area contributed by atoms with Crippen LogP contribution in [0.3, 0.4) is 0 Å². The fourth-order valence-corrected chi connectivity index (χ4v) is 1.87. The molecule has 0 aromatic rings. The number of ether oxygens (including phenoxy) is 1. The molecule has 92 valence electrons. The largest absolute Gasteiger partial charge is 0.459 e. The van der Waals surface area contributed by atoms with E-state index in [4.69, 9.17) is 4.74 Å². The van der Waals surface area contributed by atoms with Crippen molar-refractivity contribution < 1.29 is 14.3 Å². The van der Waals surface area contributed by atoms with Crippen LogP contribution in [0.4, 0.5) is 0 Å². The summed E-state index contributed by atoms with van der Waals surface area (Å²) in [7, 11) is 0. The van der Waals surface area contributed by atoms with Crippen LogP contribution >= 0.6 is 0 Å². The van der Waals surface area contributed by atoms with Crippen LogP contribution in [0.5, 0.6) is 0 Å². The molecule has 0 unspecified atom stereocenters. The van der Waals surface area contributed by atoms with Crippen LogP contribution in [-0.4, -0.2) is 24.0 Å². The van der Waals surface area contributed by atoms with Gasteiger partial charge in [-0.15, -0.1) is 0 Å². The van der Waals surface area contributed by atoms with Gasteiger partial charge >= 0.3 is 5.97 Å². The van der Waals surface area contributed by atoms with Crippen molar-refractivity contribution in [2.45, 2.75) is 52.1 Å². The third-order valence-corrected chi connectivity index (χ3v) is 2.55. The minimum atomic E-state index is -0.491. The topological polar surface area (TPSA) is 55.4 Å². The Balaban J connectivity index is 2.23. The van der Waals surface area contributed by atoms with E-state index in [1.165, 1.54) is 0 Å². The Hall–Kier alpha value is -1.06. The fraction of sp³-hybridized carbons (Fsp3) is 0.833. The van der Waals surface area contributed by atoms with Crippen molar-refractivity contribution >= 4 is 11.9 Å². The molecule has 1 amide bonds. The molecule has 0 aromatic carbocycles. The summed E-state index contributed by atoms with van der Waals surface area (Å²) in [4.78, 5) is 22.9. The van der Waals surface area contributed by atoms with E-state index in [1.807, 2.05) is 20.8 Å². The minimum Gasteiger partial charge on any atom is -0.459 e. The summed E-state index contributed by atoms with van der Waals surface area (Å²) in [5.41, 5.74) is -0.491. The first-order chi connectivity index (χ1) is 7.38. The third kappa shape index (κ3) is 4.64.